The van der Waals surface area contributed by atoms with Crippen LogP contribution in [0.5, 0.6) is 5.75 Å². The van der Waals surface area contributed by atoms with Gasteiger partial charge in [0, 0.05) is 26.5 Å². The van der Waals surface area contributed by atoms with E-state index in [0.29, 0.717) is 11.3 Å². The van der Waals surface area contributed by atoms with Crippen LogP contribution in [-0.4, -0.2) is 23.1 Å². The van der Waals surface area contributed by atoms with Crippen LogP contribution in [0.25, 0.3) is 22.0 Å². The van der Waals surface area contributed by atoms with Crippen LogP contribution < -0.4 is 10.2 Å². The second kappa shape index (κ2) is 9.82. The number of amides is 1. The maximum absolute atomic E-state index is 13.1. The SMILES string of the molecule is O=C(Oc1ccccc1C=NNC(=O)c1[nH]c2ccc(Br)cc2c1-c1ccccc1)c1ccco1. The number of carbonyl (C=O) groups excluding carboxylic acids is 2. The lowest BCUT2D eigenvalue weighted by Gasteiger charge is -2.06. The lowest BCUT2D eigenvalue weighted by atomic mass is 10.0. The molecule has 0 aliphatic rings. The third-order valence-corrected chi connectivity index (χ3v) is 5.76. The van der Waals surface area contributed by atoms with Gasteiger partial charge in [0.1, 0.15) is 11.4 Å². The number of rotatable bonds is 6. The van der Waals surface area contributed by atoms with Gasteiger partial charge >= 0.3 is 5.97 Å². The van der Waals surface area contributed by atoms with Crippen LogP contribution in [0.3, 0.4) is 0 Å². The summed E-state index contributed by atoms with van der Waals surface area (Å²) in [6.07, 6.45) is 2.82. The van der Waals surface area contributed by atoms with Gasteiger partial charge in [0.2, 0.25) is 5.76 Å². The molecule has 3 aromatic carbocycles. The fourth-order valence-electron chi connectivity index (χ4n) is 3.68. The van der Waals surface area contributed by atoms with Crippen molar-refractivity contribution in [2.75, 3.05) is 0 Å². The minimum Gasteiger partial charge on any atom is -0.457 e. The van der Waals surface area contributed by atoms with Crippen molar-refractivity contribution in [3.63, 3.8) is 0 Å². The van der Waals surface area contributed by atoms with Crippen LogP contribution >= 0.6 is 15.9 Å². The summed E-state index contributed by atoms with van der Waals surface area (Å²) < 4.78 is 11.4. The summed E-state index contributed by atoms with van der Waals surface area (Å²) in [5.41, 5.74) is 5.98. The normalized spacial score (nSPS) is 11.1. The zero-order valence-electron chi connectivity index (χ0n) is 18.2. The standard InChI is InChI=1S/C27H18BrN3O4/c28-19-12-13-21-20(15-19)24(17-7-2-1-3-8-17)25(30-21)26(32)31-29-16-18-9-4-5-10-22(18)35-27(33)23-11-6-14-34-23/h1-16,30H,(H,31,32). The van der Waals surface area contributed by atoms with Crippen molar-refractivity contribution in [1.82, 2.24) is 10.4 Å². The Bertz CT molecular complexity index is 1540. The monoisotopic (exact) mass is 527 g/mol. The number of benzene rings is 3. The number of nitrogens with zero attached hydrogens (tertiary/aromatic N) is 1. The van der Waals surface area contributed by atoms with Gasteiger partial charge in [0.05, 0.1) is 12.5 Å². The van der Waals surface area contributed by atoms with Gasteiger partial charge in [0.15, 0.2) is 0 Å². The van der Waals surface area contributed by atoms with Gasteiger partial charge < -0.3 is 14.1 Å². The van der Waals surface area contributed by atoms with Crippen molar-refractivity contribution >= 4 is 44.9 Å². The molecule has 172 valence electrons. The van der Waals surface area contributed by atoms with E-state index in [0.717, 1.165) is 26.5 Å². The van der Waals surface area contributed by atoms with E-state index in [2.05, 4.69) is 31.4 Å². The fraction of sp³-hybridized carbons (Fsp3) is 0. The molecule has 2 aromatic heterocycles. The highest BCUT2D eigenvalue weighted by Crippen LogP contribution is 2.34. The first-order chi connectivity index (χ1) is 17.1. The molecule has 5 aromatic rings. The molecule has 8 heteroatoms. The number of H-pyrrole nitrogens is 1. The third kappa shape index (κ3) is 4.78. The van der Waals surface area contributed by atoms with Crippen molar-refractivity contribution in [1.29, 1.82) is 0 Å². The summed E-state index contributed by atoms with van der Waals surface area (Å²) in [7, 11) is 0. The van der Waals surface area contributed by atoms with E-state index in [1.165, 1.54) is 18.5 Å². The summed E-state index contributed by atoms with van der Waals surface area (Å²) >= 11 is 3.51. The lowest BCUT2D eigenvalue weighted by Crippen LogP contribution is -2.19. The molecule has 0 aliphatic heterocycles. The van der Waals surface area contributed by atoms with E-state index in [4.69, 9.17) is 9.15 Å². The Hall–Kier alpha value is -4.43. The largest absolute Gasteiger partial charge is 0.457 e. The van der Waals surface area contributed by atoms with Crippen molar-refractivity contribution in [3.8, 4) is 16.9 Å². The molecular formula is C27H18BrN3O4. The van der Waals surface area contributed by atoms with Gasteiger partial charge in [-0.05, 0) is 48.0 Å². The van der Waals surface area contributed by atoms with Crippen LogP contribution in [0.1, 0.15) is 26.6 Å². The summed E-state index contributed by atoms with van der Waals surface area (Å²) in [5.74, 6) is -0.662. The molecule has 35 heavy (non-hydrogen) atoms. The quantitative estimate of drug-likeness (QED) is 0.119. The van der Waals surface area contributed by atoms with Crippen molar-refractivity contribution in [3.05, 3.63) is 113 Å². The minimum atomic E-state index is -0.628. The molecule has 0 fully saturated rings. The molecule has 2 heterocycles. The zero-order valence-corrected chi connectivity index (χ0v) is 19.8. The highest BCUT2D eigenvalue weighted by atomic mass is 79.9. The van der Waals surface area contributed by atoms with Crippen LogP contribution in [-0.2, 0) is 0 Å². The minimum absolute atomic E-state index is 0.0870. The van der Waals surface area contributed by atoms with E-state index in [1.807, 2.05) is 48.5 Å². The molecule has 5 rings (SSSR count). The Kier molecular flexibility index (Phi) is 6.28. The molecule has 0 spiro atoms. The highest BCUT2D eigenvalue weighted by Gasteiger charge is 2.19. The summed E-state index contributed by atoms with van der Waals surface area (Å²) in [6.45, 7) is 0. The zero-order chi connectivity index (χ0) is 24.2. The summed E-state index contributed by atoms with van der Waals surface area (Å²) in [5, 5.41) is 5.01. The number of nitrogens with one attached hydrogen (secondary N) is 2. The molecule has 0 saturated heterocycles. The maximum atomic E-state index is 13.1. The molecule has 2 N–H and O–H groups in total. The van der Waals surface area contributed by atoms with Gasteiger partial charge in [0.25, 0.3) is 5.91 Å². The van der Waals surface area contributed by atoms with Crippen molar-refractivity contribution in [2.45, 2.75) is 0 Å². The number of para-hydroxylation sites is 1. The molecule has 0 radical (unpaired) electrons. The molecule has 7 nitrogen and oxygen atoms in total. The Morgan fingerprint density at radius 2 is 1.77 bits per heavy atom. The van der Waals surface area contributed by atoms with Crippen LogP contribution in [0.2, 0.25) is 0 Å². The number of aromatic nitrogens is 1. The third-order valence-electron chi connectivity index (χ3n) is 5.26. The van der Waals surface area contributed by atoms with Crippen LogP contribution in [0.15, 0.2) is 105 Å². The first-order valence-electron chi connectivity index (χ1n) is 10.6. The fourth-order valence-corrected chi connectivity index (χ4v) is 4.04. The number of furan rings is 1. The second-order valence-electron chi connectivity index (χ2n) is 7.53. The van der Waals surface area contributed by atoms with E-state index >= 15 is 0 Å². The average molecular weight is 528 g/mol. The highest BCUT2D eigenvalue weighted by molar-refractivity contribution is 9.10. The number of halogens is 1. The van der Waals surface area contributed by atoms with Crippen molar-refractivity contribution < 1.29 is 18.7 Å². The van der Waals surface area contributed by atoms with E-state index in [9.17, 15) is 9.59 Å². The van der Waals surface area contributed by atoms with E-state index in [-0.39, 0.29) is 11.5 Å². The summed E-state index contributed by atoms with van der Waals surface area (Å²) in [6, 6.07) is 25.4. The van der Waals surface area contributed by atoms with E-state index < -0.39 is 11.9 Å². The number of fused-ring (bicyclic) bond motifs is 1. The van der Waals surface area contributed by atoms with E-state index in [1.54, 1.807) is 30.3 Å². The Balaban J connectivity index is 1.40. The van der Waals surface area contributed by atoms with Gasteiger partial charge in [-0.25, -0.2) is 10.2 Å². The molecule has 0 atom stereocenters. The number of aromatic amines is 1. The number of ether oxygens (including phenoxy) is 1. The summed E-state index contributed by atoms with van der Waals surface area (Å²) in [4.78, 5) is 28.6. The first kappa shape index (κ1) is 22.4. The number of hydrogen-bond donors (Lipinski definition) is 2. The van der Waals surface area contributed by atoms with Crippen LogP contribution in [0.4, 0.5) is 0 Å². The molecule has 1 amide bonds. The van der Waals surface area contributed by atoms with Gasteiger partial charge in [-0.3, -0.25) is 4.79 Å². The topological polar surface area (TPSA) is 96.7 Å². The maximum Gasteiger partial charge on any atom is 0.379 e. The number of carbonyl (C=O) groups is 2. The number of esters is 1. The average Bonchev–Trinajstić information content (AvgIpc) is 3.54. The van der Waals surface area contributed by atoms with Gasteiger partial charge in [-0.1, -0.05) is 58.4 Å². The van der Waals surface area contributed by atoms with Crippen LogP contribution in [0, 0.1) is 0 Å². The predicted molar refractivity (Wildman–Crippen MR) is 137 cm³/mol. The number of hydrogen-bond acceptors (Lipinski definition) is 5. The number of hydrazone groups is 1. The first-order valence-corrected chi connectivity index (χ1v) is 11.4. The predicted octanol–water partition coefficient (Wildman–Crippen LogP) is 6.17. The molecule has 0 aliphatic carbocycles. The van der Waals surface area contributed by atoms with Gasteiger partial charge in [-0.2, -0.15) is 5.10 Å². The molecular weight excluding hydrogens is 510 g/mol. The Morgan fingerprint density at radius 1 is 0.971 bits per heavy atom. The Labute approximate surface area is 208 Å². The molecule has 0 saturated carbocycles. The Morgan fingerprint density at radius 3 is 2.57 bits per heavy atom. The second-order valence-corrected chi connectivity index (χ2v) is 8.45. The smallest absolute Gasteiger partial charge is 0.379 e. The van der Waals surface area contributed by atoms with Gasteiger partial charge in [-0.15, -0.1) is 0 Å². The lowest BCUT2D eigenvalue weighted by molar-refractivity contribution is 0.0701. The molecule has 0 unspecified atom stereocenters. The van der Waals surface area contributed by atoms with Crippen molar-refractivity contribution in [2.24, 2.45) is 5.10 Å². The molecule has 0 bridgehead atoms.